The number of alkyl halides is 3. The van der Waals surface area contributed by atoms with Gasteiger partial charge in [-0.2, -0.15) is 26.0 Å². The average Bonchev–Trinajstić information content (AvgIpc) is 3.07. The first-order valence-electron chi connectivity index (χ1n) is 7.55. The molecule has 0 amide bonds. The Bertz CT molecular complexity index is 707. The molecule has 0 saturated carbocycles. The van der Waals surface area contributed by atoms with Crippen LogP contribution >= 0.6 is 12.1 Å². The van der Waals surface area contributed by atoms with E-state index < -0.39 is 27.0 Å². The molecule has 26 heavy (non-hydrogen) atoms. The number of allylic oxidation sites excluding steroid dienone is 2. The van der Waals surface area contributed by atoms with E-state index in [-0.39, 0.29) is 38.2 Å². The summed E-state index contributed by atoms with van der Waals surface area (Å²) in [4.78, 5) is 12.3. The van der Waals surface area contributed by atoms with Crippen molar-refractivity contribution < 1.29 is 40.0 Å². The molecule has 8 nitrogen and oxygen atoms in total. The molecule has 1 atom stereocenters. The van der Waals surface area contributed by atoms with Gasteiger partial charge in [-0.05, 0) is 25.8 Å². The van der Waals surface area contributed by atoms with Crippen molar-refractivity contribution in [1.29, 1.82) is 0 Å². The van der Waals surface area contributed by atoms with Crippen LogP contribution in [-0.4, -0.2) is 45.6 Å². The van der Waals surface area contributed by atoms with Gasteiger partial charge in [0.25, 0.3) is 0 Å². The molecule has 2 aliphatic rings. The Hall–Kier alpha value is -1.47. The van der Waals surface area contributed by atoms with Crippen molar-refractivity contribution >= 4 is 34.1 Å². The number of ether oxygens (including phenoxy) is 2. The van der Waals surface area contributed by atoms with Gasteiger partial charge in [-0.3, -0.25) is 4.79 Å². The summed E-state index contributed by atoms with van der Waals surface area (Å²) >= 11 is 1.09. The van der Waals surface area contributed by atoms with Gasteiger partial charge < -0.3 is 13.7 Å². The monoisotopic (exact) mass is 418 g/mol. The Balaban J connectivity index is 2.11. The molecule has 0 fully saturated rings. The fourth-order valence-corrected chi connectivity index (χ4v) is 3.31. The van der Waals surface area contributed by atoms with Gasteiger partial charge in [0, 0.05) is 6.42 Å². The molecule has 1 heterocycles. The van der Waals surface area contributed by atoms with E-state index in [9.17, 15) is 26.4 Å². The van der Waals surface area contributed by atoms with Gasteiger partial charge in [0.15, 0.2) is 0 Å². The highest BCUT2D eigenvalue weighted by Crippen LogP contribution is 2.39. The smallest absolute Gasteiger partial charge is 0.478 e. The maximum absolute atomic E-state index is 12.4. The summed E-state index contributed by atoms with van der Waals surface area (Å²) in [5.74, 6) is -0.560. The van der Waals surface area contributed by atoms with E-state index in [0.29, 0.717) is 12.4 Å². The van der Waals surface area contributed by atoms with E-state index >= 15 is 0 Å². The van der Waals surface area contributed by atoms with Crippen molar-refractivity contribution in [3.8, 4) is 0 Å². The largest absolute Gasteiger partial charge is 0.534 e. The molecule has 1 unspecified atom stereocenters. The SMILES string of the molecule is CCOC(=O)C1(COC2=NSNC2)CC=C(OS(=O)(=O)C(F)(F)F)CC1. The molecular weight excluding hydrogens is 401 g/mol. The van der Waals surface area contributed by atoms with E-state index in [1.54, 1.807) is 6.92 Å². The number of esters is 1. The van der Waals surface area contributed by atoms with E-state index in [2.05, 4.69) is 13.3 Å². The predicted molar refractivity (Wildman–Crippen MR) is 86.0 cm³/mol. The average molecular weight is 418 g/mol. The fraction of sp³-hybridized carbons (Fsp3) is 0.692. The minimum Gasteiger partial charge on any atom is -0.478 e. The molecule has 0 aromatic carbocycles. The fourth-order valence-electron chi connectivity index (χ4n) is 2.31. The van der Waals surface area contributed by atoms with E-state index in [0.717, 1.165) is 18.2 Å². The number of carbonyl (C=O) groups is 1. The topological polar surface area (TPSA) is 103 Å². The van der Waals surface area contributed by atoms with E-state index in [1.165, 1.54) is 0 Å². The van der Waals surface area contributed by atoms with Crippen LogP contribution in [0.1, 0.15) is 26.2 Å². The molecule has 13 heteroatoms. The molecule has 1 aliphatic heterocycles. The van der Waals surface area contributed by atoms with Gasteiger partial charge in [0.2, 0.25) is 5.90 Å². The van der Waals surface area contributed by atoms with Gasteiger partial charge in [-0.1, -0.05) is 0 Å². The molecule has 1 N–H and O–H groups in total. The third-order valence-corrected chi connectivity index (χ3v) is 5.30. The lowest BCUT2D eigenvalue weighted by atomic mass is 9.77. The quantitative estimate of drug-likeness (QED) is 0.303. The molecule has 1 aliphatic carbocycles. The summed E-state index contributed by atoms with van der Waals surface area (Å²) in [6, 6.07) is 0. The maximum Gasteiger partial charge on any atom is 0.534 e. The normalized spacial score (nSPS) is 23.8. The third-order valence-electron chi connectivity index (χ3n) is 3.73. The third kappa shape index (κ3) is 4.82. The zero-order valence-electron chi connectivity index (χ0n) is 13.7. The van der Waals surface area contributed by atoms with Gasteiger partial charge in [0.1, 0.15) is 17.8 Å². The molecule has 0 aromatic heterocycles. The van der Waals surface area contributed by atoms with Gasteiger partial charge >= 0.3 is 21.6 Å². The lowest BCUT2D eigenvalue weighted by Crippen LogP contribution is -2.40. The molecule has 0 spiro atoms. The summed E-state index contributed by atoms with van der Waals surface area (Å²) in [5, 5.41) is 0. The molecular formula is C13H17F3N2O6S2. The predicted octanol–water partition coefficient (Wildman–Crippen LogP) is 2.05. The van der Waals surface area contributed by atoms with Crippen molar-refractivity contribution in [2.75, 3.05) is 19.8 Å². The van der Waals surface area contributed by atoms with Crippen LogP contribution in [0.15, 0.2) is 16.2 Å². The minimum absolute atomic E-state index is 0.0128. The first kappa shape index (κ1) is 20.8. The van der Waals surface area contributed by atoms with Crippen molar-refractivity contribution in [2.45, 2.75) is 31.7 Å². The standard InChI is InChI=1S/C13H17F3N2O6S2/c1-2-22-11(19)12(8-23-10-7-17-25-18-10)5-3-9(4-6-12)24-26(20,21)13(14,15)16/h3,17H,2,4-8H2,1H3. The van der Waals surface area contributed by atoms with Crippen LogP contribution < -0.4 is 4.72 Å². The molecule has 0 aromatic rings. The van der Waals surface area contributed by atoms with E-state index in [1.807, 2.05) is 0 Å². The van der Waals surface area contributed by atoms with Gasteiger partial charge in [-0.25, -0.2) is 4.72 Å². The molecule has 0 saturated heterocycles. The molecule has 148 valence electrons. The first-order chi connectivity index (χ1) is 12.1. The Morgan fingerprint density at radius 2 is 2.19 bits per heavy atom. The van der Waals surface area contributed by atoms with Crippen molar-refractivity contribution in [1.82, 2.24) is 4.72 Å². The second-order valence-corrected chi connectivity index (χ2v) is 7.74. The van der Waals surface area contributed by atoms with Gasteiger partial charge in [-0.15, -0.1) is 0 Å². The van der Waals surface area contributed by atoms with Crippen LogP contribution in [0.4, 0.5) is 13.2 Å². The Morgan fingerprint density at radius 1 is 1.46 bits per heavy atom. The van der Waals surface area contributed by atoms with Crippen LogP contribution in [0.25, 0.3) is 0 Å². The Kier molecular flexibility index (Phi) is 6.45. The van der Waals surface area contributed by atoms with Crippen molar-refractivity contribution in [3.05, 3.63) is 11.8 Å². The summed E-state index contributed by atoms with van der Waals surface area (Å²) < 4.78 is 80.9. The second-order valence-electron chi connectivity index (χ2n) is 5.54. The van der Waals surface area contributed by atoms with Crippen LogP contribution in [0.2, 0.25) is 0 Å². The van der Waals surface area contributed by atoms with Crippen LogP contribution in [0.5, 0.6) is 0 Å². The van der Waals surface area contributed by atoms with Crippen LogP contribution in [0.3, 0.4) is 0 Å². The summed E-state index contributed by atoms with van der Waals surface area (Å²) in [6.07, 6.45) is 0.898. The highest BCUT2D eigenvalue weighted by molar-refractivity contribution is 7.96. The maximum atomic E-state index is 12.4. The number of hydrogen-bond donors (Lipinski definition) is 1. The van der Waals surface area contributed by atoms with Crippen molar-refractivity contribution in [2.24, 2.45) is 9.81 Å². The Labute approximate surface area is 152 Å². The molecule has 0 radical (unpaired) electrons. The lowest BCUT2D eigenvalue weighted by Gasteiger charge is -2.33. The molecule has 2 rings (SSSR count). The second kappa shape index (κ2) is 8.05. The minimum atomic E-state index is -5.74. The summed E-state index contributed by atoms with van der Waals surface area (Å²) in [7, 11) is -5.74. The number of nitrogens with one attached hydrogen (secondary N) is 1. The lowest BCUT2D eigenvalue weighted by molar-refractivity contribution is -0.158. The van der Waals surface area contributed by atoms with Crippen LogP contribution in [-0.2, 0) is 28.6 Å². The number of carbonyl (C=O) groups excluding carboxylic acids is 1. The van der Waals surface area contributed by atoms with Crippen LogP contribution in [0, 0.1) is 5.41 Å². The van der Waals surface area contributed by atoms with Crippen molar-refractivity contribution in [3.63, 3.8) is 0 Å². The highest BCUT2D eigenvalue weighted by atomic mass is 32.2. The zero-order valence-corrected chi connectivity index (χ0v) is 15.3. The Morgan fingerprint density at radius 3 is 2.69 bits per heavy atom. The molecule has 0 bridgehead atoms. The van der Waals surface area contributed by atoms with Gasteiger partial charge in [0.05, 0.1) is 25.3 Å². The zero-order chi connectivity index (χ0) is 19.4. The summed E-state index contributed by atoms with van der Waals surface area (Å²) in [5.41, 5.74) is -6.67. The van der Waals surface area contributed by atoms with E-state index in [4.69, 9.17) is 9.47 Å². The summed E-state index contributed by atoms with van der Waals surface area (Å²) in [6.45, 7) is 2.02. The first-order valence-corrected chi connectivity index (χ1v) is 9.73. The number of nitrogens with zero attached hydrogens (tertiary/aromatic N) is 1. The number of rotatable bonds is 6. The highest BCUT2D eigenvalue weighted by Gasteiger charge is 2.50. The number of hydrogen-bond acceptors (Lipinski definition) is 9. The number of halogens is 3.